The molecule has 0 aliphatic carbocycles. The van der Waals surface area contributed by atoms with Crippen LogP contribution in [-0.2, 0) is 0 Å². The predicted octanol–water partition coefficient (Wildman–Crippen LogP) is 2.12. The number of ether oxygens (including phenoxy) is 1. The van der Waals surface area contributed by atoms with Gasteiger partial charge in [0.25, 0.3) is 0 Å². The molecule has 0 spiro atoms. The number of hydrogen-bond acceptors (Lipinski definition) is 3. The van der Waals surface area contributed by atoms with Crippen molar-refractivity contribution < 1.29 is 9.13 Å². The van der Waals surface area contributed by atoms with Gasteiger partial charge in [0, 0.05) is 11.3 Å². The normalized spacial score (nSPS) is 10.4. The van der Waals surface area contributed by atoms with Gasteiger partial charge in [-0.3, -0.25) is 0 Å². The molecule has 0 aliphatic heterocycles. The first kappa shape index (κ1) is 10.5. The number of halogens is 1. The Morgan fingerprint density at radius 1 is 1.44 bits per heavy atom. The van der Waals surface area contributed by atoms with Gasteiger partial charge in [0.2, 0.25) is 0 Å². The van der Waals surface area contributed by atoms with E-state index in [-0.39, 0.29) is 5.75 Å². The van der Waals surface area contributed by atoms with Crippen molar-refractivity contribution in [3.63, 3.8) is 0 Å². The van der Waals surface area contributed by atoms with Crippen molar-refractivity contribution >= 4 is 5.95 Å². The molecule has 0 saturated carbocycles. The van der Waals surface area contributed by atoms with E-state index < -0.39 is 5.82 Å². The Morgan fingerprint density at radius 3 is 2.69 bits per heavy atom. The number of nitrogen functional groups attached to an aromatic ring is 1. The van der Waals surface area contributed by atoms with Crippen LogP contribution in [0.15, 0.2) is 18.2 Å². The maximum Gasteiger partial charge on any atom is 0.198 e. The van der Waals surface area contributed by atoms with Crippen LogP contribution in [0.1, 0.15) is 5.69 Å². The van der Waals surface area contributed by atoms with E-state index >= 15 is 0 Å². The molecular formula is C11H12FN3O. The molecule has 0 radical (unpaired) electrons. The Kier molecular flexibility index (Phi) is 2.52. The number of aromatic amines is 1. The summed E-state index contributed by atoms with van der Waals surface area (Å²) in [6.45, 7) is 1.83. The average Bonchev–Trinajstić information content (AvgIpc) is 2.58. The van der Waals surface area contributed by atoms with Crippen molar-refractivity contribution in [3.8, 4) is 17.0 Å². The molecule has 0 amide bonds. The molecule has 16 heavy (non-hydrogen) atoms. The van der Waals surface area contributed by atoms with E-state index in [4.69, 9.17) is 10.5 Å². The number of benzene rings is 1. The van der Waals surface area contributed by atoms with Crippen molar-refractivity contribution in [1.82, 2.24) is 9.97 Å². The summed E-state index contributed by atoms with van der Waals surface area (Å²) < 4.78 is 18.3. The van der Waals surface area contributed by atoms with Gasteiger partial charge in [-0.05, 0) is 25.1 Å². The third-order valence-electron chi connectivity index (χ3n) is 2.33. The van der Waals surface area contributed by atoms with Crippen molar-refractivity contribution in [2.75, 3.05) is 12.8 Å². The van der Waals surface area contributed by atoms with E-state index in [9.17, 15) is 4.39 Å². The summed E-state index contributed by atoms with van der Waals surface area (Å²) in [4.78, 5) is 6.96. The van der Waals surface area contributed by atoms with E-state index in [1.165, 1.54) is 13.2 Å². The molecule has 0 saturated heterocycles. The molecule has 5 heteroatoms. The number of H-pyrrole nitrogens is 1. The minimum Gasteiger partial charge on any atom is -0.494 e. The fourth-order valence-corrected chi connectivity index (χ4v) is 1.58. The van der Waals surface area contributed by atoms with E-state index in [0.29, 0.717) is 17.2 Å². The summed E-state index contributed by atoms with van der Waals surface area (Å²) in [5, 5.41) is 0. The van der Waals surface area contributed by atoms with Crippen LogP contribution >= 0.6 is 0 Å². The molecule has 0 atom stereocenters. The molecule has 2 rings (SSSR count). The average molecular weight is 221 g/mol. The molecule has 0 fully saturated rings. The van der Waals surface area contributed by atoms with Gasteiger partial charge in [0.1, 0.15) is 0 Å². The Morgan fingerprint density at radius 2 is 2.19 bits per heavy atom. The van der Waals surface area contributed by atoms with Gasteiger partial charge in [-0.1, -0.05) is 0 Å². The maximum absolute atomic E-state index is 13.5. The summed E-state index contributed by atoms with van der Waals surface area (Å²) in [5.41, 5.74) is 7.66. The lowest BCUT2D eigenvalue weighted by Gasteiger charge is -2.03. The summed E-state index contributed by atoms with van der Waals surface area (Å²) in [6.07, 6.45) is 0. The third-order valence-corrected chi connectivity index (χ3v) is 2.33. The zero-order valence-corrected chi connectivity index (χ0v) is 9.04. The van der Waals surface area contributed by atoms with E-state index in [1.54, 1.807) is 12.1 Å². The molecule has 0 aliphatic rings. The van der Waals surface area contributed by atoms with Crippen LogP contribution in [0.2, 0.25) is 0 Å². The van der Waals surface area contributed by atoms with Crippen molar-refractivity contribution in [2.24, 2.45) is 0 Å². The van der Waals surface area contributed by atoms with Crippen LogP contribution in [0.4, 0.5) is 10.3 Å². The number of nitrogens with one attached hydrogen (secondary N) is 1. The summed E-state index contributed by atoms with van der Waals surface area (Å²) >= 11 is 0. The molecule has 0 bridgehead atoms. The zero-order valence-electron chi connectivity index (χ0n) is 9.04. The van der Waals surface area contributed by atoms with Gasteiger partial charge in [0.15, 0.2) is 17.5 Å². The molecule has 1 aromatic heterocycles. The second-order valence-corrected chi connectivity index (χ2v) is 3.44. The van der Waals surface area contributed by atoms with Crippen LogP contribution in [-0.4, -0.2) is 17.1 Å². The van der Waals surface area contributed by atoms with E-state index in [1.807, 2.05) is 6.92 Å². The van der Waals surface area contributed by atoms with Crippen LogP contribution in [0.3, 0.4) is 0 Å². The Labute approximate surface area is 92.3 Å². The van der Waals surface area contributed by atoms with Crippen molar-refractivity contribution in [3.05, 3.63) is 29.7 Å². The van der Waals surface area contributed by atoms with Gasteiger partial charge < -0.3 is 15.5 Å². The number of methoxy groups -OCH3 is 1. The highest BCUT2D eigenvalue weighted by molar-refractivity contribution is 5.64. The molecule has 0 unspecified atom stereocenters. The van der Waals surface area contributed by atoms with Crippen LogP contribution < -0.4 is 10.5 Å². The second-order valence-electron chi connectivity index (χ2n) is 3.44. The lowest BCUT2D eigenvalue weighted by Crippen LogP contribution is -1.89. The predicted molar refractivity (Wildman–Crippen MR) is 59.7 cm³/mol. The monoisotopic (exact) mass is 221 g/mol. The van der Waals surface area contributed by atoms with Gasteiger partial charge in [0.05, 0.1) is 12.8 Å². The van der Waals surface area contributed by atoms with Crippen LogP contribution in [0, 0.1) is 12.7 Å². The van der Waals surface area contributed by atoms with Crippen LogP contribution in [0.5, 0.6) is 5.75 Å². The fraction of sp³-hybridized carbons (Fsp3) is 0.182. The molecule has 1 heterocycles. The van der Waals surface area contributed by atoms with Gasteiger partial charge in [-0.15, -0.1) is 0 Å². The minimum absolute atomic E-state index is 0.213. The number of anilines is 1. The fourth-order valence-electron chi connectivity index (χ4n) is 1.58. The first-order chi connectivity index (χ1) is 7.61. The molecule has 2 aromatic rings. The topological polar surface area (TPSA) is 63.9 Å². The van der Waals surface area contributed by atoms with Gasteiger partial charge in [-0.2, -0.15) is 0 Å². The zero-order chi connectivity index (χ0) is 11.7. The molecule has 3 N–H and O–H groups in total. The number of rotatable bonds is 2. The quantitative estimate of drug-likeness (QED) is 0.816. The number of imidazole rings is 1. The van der Waals surface area contributed by atoms with Gasteiger partial charge in [-0.25, -0.2) is 9.37 Å². The summed E-state index contributed by atoms with van der Waals surface area (Å²) in [6, 6.07) is 4.68. The first-order valence-corrected chi connectivity index (χ1v) is 4.78. The standard InChI is InChI=1S/C11H12FN3O/c1-6-10(15-11(13)14-6)7-3-4-9(16-2)8(12)5-7/h3-5H,1-2H3,(H3,13,14,15). The van der Waals surface area contributed by atoms with E-state index in [2.05, 4.69) is 9.97 Å². The highest BCUT2D eigenvalue weighted by atomic mass is 19.1. The number of aryl methyl sites for hydroxylation is 1. The summed E-state index contributed by atoms with van der Waals surface area (Å²) in [5.74, 6) is 0.120. The van der Waals surface area contributed by atoms with Crippen molar-refractivity contribution in [2.45, 2.75) is 6.92 Å². The largest absolute Gasteiger partial charge is 0.494 e. The lowest BCUT2D eigenvalue weighted by molar-refractivity contribution is 0.386. The number of hydrogen-bond donors (Lipinski definition) is 2. The maximum atomic E-state index is 13.5. The Balaban J connectivity index is 2.49. The number of aromatic nitrogens is 2. The SMILES string of the molecule is COc1ccc(-c2nc(N)[nH]c2C)cc1F. The van der Waals surface area contributed by atoms with Gasteiger partial charge >= 0.3 is 0 Å². The highest BCUT2D eigenvalue weighted by Crippen LogP contribution is 2.26. The minimum atomic E-state index is -0.416. The Bertz CT molecular complexity index is 522. The second kappa shape index (κ2) is 3.84. The Hall–Kier alpha value is -2.04. The molecule has 4 nitrogen and oxygen atoms in total. The van der Waals surface area contributed by atoms with E-state index in [0.717, 1.165) is 5.69 Å². The molecule has 1 aromatic carbocycles. The summed E-state index contributed by atoms with van der Waals surface area (Å²) in [7, 11) is 1.43. The smallest absolute Gasteiger partial charge is 0.198 e. The van der Waals surface area contributed by atoms with Crippen LogP contribution in [0.25, 0.3) is 11.3 Å². The highest BCUT2D eigenvalue weighted by Gasteiger charge is 2.10. The number of nitrogens with zero attached hydrogens (tertiary/aromatic N) is 1. The first-order valence-electron chi connectivity index (χ1n) is 4.78. The molecule has 84 valence electrons. The lowest BCUT2D eigenvalue weighted by atomic mass is 10.1. The molecular weight excluding hydrogens is 209 g/mol. The van der Waals surface area contributed by atoms with Crippen molar-refractivity contribution in [1.29, 1.82) is 0 Å². The third kappa shape index (κ3) is 1.71. The number of nitrogens with two attached hydrogens (primary N) is 1.